The number of anilines is 1. The van der Waals surface area contributed by atoms with Crippen LogP contribution >= 0.6 is 23.2 Å². The average molecular weight is 436 g/mol. The van der Waals surface area contributed by atoms with Gasteiger partial charge in [0.1, 0.15) is 12.1 Å². The first-order valence-corrected chi connectivity index (χ1v) is 9.32. The first-order chi connectivity index (χ1) is 13.2. The fourth-order valence-electron chi connectivity index (χ4n) is 3.14. The van der Waals surface area contributed by atoms with Gasteiger partial charge >= 0.3 is 6.18 Å². The van der Waals surface area contributed by atoms with Crippen molar-refractivity contribution in [1.29, 1.82) is 0 Å². The van der Waals surface area contributed by atoms with Gasteiger partial charge in [0, 0.05) is 32.4 Å². The molecule has 0 amide bonds. The maximum Gasteiger partial charge on any atom is 0.436 e. The van der Waals surface area contributed by atoms with E-state index in [1.165, 1.54) is 6.92 Å². The molecule has 152 valence electrons. The Bertz CT molecular complexity index is 833. The van der Waals surface area contributed by atoms with Crippen molar-refractivity contribution >= 4 is 35.3 Å². The molecule has 0 aromatic carbocycles. The second-order valence-electron chi connectivity index (χ2n) is 6.49. The standard InChI is InChI=1S/C17H18Cl2F3N5O/c1-11-15(19)16(17(20,21)22)24-27(11)9-13(10-28)25-4-6-26(7-5-25)14-3-2-12(18)8-23-14/h2-3,8,10,13H,4-7,9H2,1H3. The van der Waals surface area contributed by atoms with E-state index >= 15 is 0 Å². The number of nitrogens with zero attached hydrogens (tertiary/aromatic N) is 5. The van der Waals surface area contributed by atoms with Gasteiger partial charge in [-0.1, -0.05) is 23.2 Å². The molecule has 1 unspecified atom stereocenters. The normalized spacial score (nSPS) is 17.0. The van der Waals surface area contributed by atoms with E-state index in [-0.39, 0.29) is 12.2 Å². The van der Waals surface area contributed by atoms with Gasteiger partial charge in [-0.3, -0.25) is 9.58 Å². The van der Waals surface area contributed by atoms with E-state index < -0.39 is 22.9 Å². The summed E-state index contributed by atoms with van der Waals surface area (Å²) < 4.78 is 40.1. The van der Waals surface area contributed by atoms with E-state index in [0.29, 0.717) is 31.2 Å². The summed E-state index contributed by atoms with van der Waals surface area (Å²) >= 11 is 11.6. The van der Waals surface area contributed by atoms with Crippen molar-refractivity contribution in [2.45, 2.75) is 25.7 Å². The van der Waals surface area contributed by atoms with Crippen molar-refractivity contribution in [2.24, 2.45) is 0 Å². The summed E-state index contributed by atoms with van der Waals surface area (Å²) in [4.78, 5) is 19.9. The number of aldehydes is 1. The Morgan fingerprint density at radius 3 is 2.39 bits per heavy atom. The Balaban J connectivity index is 1.67. The van der Waals surface area contributed by atoms with Gasteiger partial charge in [0.25, 0.3) is 0 Å². The second kappa shape index (κ2) is 8.26. The molecule has 11 heteroatoms. The number of pyridine rings is 1. The molecular formula is C17H18Cl2F3N5O. The monoisotopic (exact) mass is 435 g/mol. The number of halogens is 5. The number of aromatic nitrogens is 3. The van der Waals surface area contributed by atoms with E-state index in [0.717, 1.165) is 16.8 Å². The van der Waals surface area contributed by atoms with Gasteiger partial charge in [-0.05, 0) is 19.1 Å². The largest absolute Gasteiger partial charge is 0.436 e. The molecule has 1 aliphatic heterocycles. The van der Waals surface area contributed by atoms with E-state index in [4.69, 9.17) is 23.2 Å². The molecule has 0 N–H and O–H groups in total. The van der Waals surface area contributed by atoms with Crippen LogP contribution in [-0.2, 0) is 17.5 Å². The Hall–Kier alpha value is -1.84. The van der Waals surface area contributed by atoms with Crippen LogP contribution in [0.1, 0.15) is 11.4 Å². The summed E-state index contributed by atoms with van der Waals surface area (Å²) in [7, 11) is 0. The van der Waals surface area contributed by atoms with E-state index in [1.54, 1.807) is 12.3 Å². The topological polar surface area (TPSA) is 54.3 Å². The zero-order valence-corrected chi connectivity index (χ0v) is 16.5. The molecule has 1 fully saturated rings. The SMILES string of the molecule is Cc1c(Cl)c(C(F)(F)F)nn1CC(C=O)N1CCN(c2ccc(Cl)cn2)CC1. The smallest absolute Gasteiger partial charge is 0.354 e. The molecule has 0 aliphatic carbocycles. The van der Waals surface area contributed by atoms with Crippen molar-refractivity contribution in [3.63, 3.8) is 0 Å². The summed E-state index contributed by atoms with van der Waals surface area (Å²) in [6, 6.07) is 2.98. The predicted molar refractivity (Wildman–Crippen MR) is 99.9 cm³/mol. The highest BCUT2D eigenvalue weighted by molar-refractivity contribution is 6.32. The number of hydrogen-bond donors (Lipinski definition) is 0. The van der Waals surface area contributed by atoms with Crippen LogP contribution in [-0.4, -0.2) is 58.2 Å². The molecule has 1 aliphatic rings. The quantitative estimate of drug-likeness (QED) is 0.674. The van der Waals surface area contributed by atoms with Gasteiger partial charge in [0.05, 0.1) is 28.3 Å². The molecule has 2 aromatic rings. The molecule has 3 rings (SSSR count). The highest BCUT2D eigenvalue weighted by atomic mass is 35.5. The lowest BCUT2D eigenvalue weighted by atomic mass is 10.2. The number of hydrogen-bond acceptors (Lipinski definition) is 5. The lowest BCUT2D eigenvalue weighted by molar-refractivity contribution is -0.141. The Morgan fingerprint density at radius 2 is 1.89 bits per heavy atom. The van der Waals surface area contributed by atoms with E-state index in [9.17, 15) is 18.0 Å². The van der Waals surface area contributed by atoms with Crippen LogP contribution in [0.4, 0.5) is 19.0 Å². The highest BCUT2D eigenvalue weighted by Gasteiger charge is 2.38. The van der Waals surface area contributed by atoms with Crippen molar-refractivity contribution in [2.75, 3.05) is 31.1 Å². The zero-order chi connectivity index (χ0) is 20.5. The third-order valence-electron chi connectivity index (χ3n) is 4.74. The lowest BCUT2D eigenvalue weighted by Gasteiger charge is -2.38. The van der Waals surface area contributed by atoms with Gasteiger partial charge in [-0.2, -0.15) is 18.3 Å². The van der Waals surface area contributed by atoms with Crippen LogP contribution < -0.4 is 4.90 Å². The zero-order valence-electron chi connectivity index (χ0n) is 15.0. The van der Waals surface area contributed by atoms with Crippen molar-refractivity contribution in [3.8, 4) is 0 Å². The molecule has 0 radical (unpaired) electrons. The van der Waals surface area contributed by atoms with Crippen LogP contribution in [0.15, 0.2) is 18.3 Å². The molecular weight excluding hydrogens is 418 g/mol. The first-order valence-electron chi connectivity index (χ1n) is 8.56. The maximum atomic E-state index is 13.0. The molecule has 6 nitrogen and oxygen atoms in total. The summed E-state index contributed by atoms with van der Waals surface area (Å²) in [5.41, 5.74) is -0.945. The van der Waals surface area contributed by atoms with E-state index in [2.05, 4.69) is 15.0 Å². The third kappa shape index (κ3) is 4.42. The van der Waals surface area contributed by atoms with Crippen LogP contribution in [0, 0.1) is 6.92 Å². The molecule has 3 heterocycles. The first kappa shape index (κ1) is 20.9. The lowest BCUT2D eigenvalue weighted by Crippen LogP contribution is -2.52. The molecule has 1 atom stereocenters. The van der Waals surface area contributed by atoms with Crippen LogP contribution in [0.2, 0.25) is 10.0 Å². The summed E-state index contributed by atoms with van der Waals surface area (Å²) in [5.74, 6) is 0.788. The van der Waals surface area contributed by atoms with Crippen molar-refractivity contribution in [1.82, 2.24) is 19.7 Å². The number of piperazine rings is 1. The summed E-state index contributed by atoms with van der Waals surface area (Å²) in [5, 5.41) is 3.69. The molecule has 28 heavy (non-hydrogen) atoms. The van der Waals surface area contributed by atoms with Crippen LogP contribution in [0.25, 0.3) is 0 Å². The average Bonchev–Trinajstić information content (AvgIpc) is 2.95. The highest BCUT2D eigenvalue weighted by Crippen LogP contribution is 2.35. The van der Waals surface area contributed by atoms with Gasteiger partial charge < -0.3 is 9.69 Å². The molecule has 0 saturated carbocycles. The Morgan fingerprint density at radius 1 is 1.21 bits per heavy atom. The molecule has 1 saturated heterocycles. The van der Waals surface area contributed by atoms with Crippen molar-refractivity contribution in [3.05, 3.63) is 39.8 Å². The fourth-order valence-corrected chi connectivity index (χ4v) is 3.50. The third-order valence-corrected chi connectivity index (χ3v) is 5.41. The predicted octanol–water partition coefficient (Wildman–Crippen LogP) is 3.30. The van der Waals surface area contributed by atoms with Gasteiger partial charge in [-0.15, -0.1) is 0 Å². The van der Waals surface area contributed by atoms with E-state index in [1.807, 2.05) is 11.0 Å². The minimum absolute atomic E-state index is 0.00429. The van der Waals surface area contributed by atoms with Crippen LogP contribution in [0.3, 0.4) is 0 Å². The summed E-state index contributed by atoms with van der Waals surface area (Å²) in [6.45, 7) is 3.85. The van der Waals surface area contributed by atoms with Crippen molar-refractivity contribution < 1.29 is 18.0 Å². The summed E-state index contributed by atoms with van der Waals surface area (Å²) in [6.07, 6.45) is -2.33. The van der Waals surface area contributed by atoms with Gasteiger partial charge in [0.15, 0.2) is 5.69 Å². The second-order valence-corrected chi connectivity index (χ2v) is 7.30. The molecule has 0 spiro atoms. The number of carbonyl (C=O) groups excluding carboxylic acids is 1. The minimum Gasteiger partial charge on any atom is -0.354 e. The Labute approximate surface area is 169 Å². The minimum atomic E-state index is -4.64. The number of carbonyl (C=O) groups is 1. The molecule has 0 bridgehead atoms. The van der Waals surface area contributed by atoms with Gasteiger partial charge in [-0.25, -0.2) is 4.98 Å². The maximum absolute atomic E-state index is 13.0. The molecule has 2 aromatic heterocycles. The Kier molecular flexibility index (Phi) is 6.16. The number of rotatable bonds is 5. The van der Waals surface area contributed by atoms with Gasteiger partial charge in [0.2, 0.25) is 0 Å². The number of alkyl halides is 3. The van der Waals surface area contributed by atoms with Crippen LogP contribution in [0.5, 0.6) is 0 Å². The fraction of sp³-hybridized carbons (Fsp3) is 0.471.